The lowest BCUT2D eigenvalue weighted by Crippen LogP contribution is -2.32. The van der Waals surface area contributed by atoms with Crippen LogP contribution in [0.1, 0.15) is 16.8 Å². The largest absolute Gasteiger partial charge is 0.491 e. The molecule has 2 rings (SSSR count). The molecule has 6 heteroatoms. The van der Waals surface area contributed by atoms with Gasteiger partial charge in [-0.15, -0.1) is 0 Å². The van der Waals surface area contributed by atoms with E-state index >= 15 is 0 Å². The molecule has 0 bridgehead atoms. The van der Waals surface area contributed by atoms with Crippen molar-refractivity contribution in [1.29, 1.82) is 0 Å². The molecule has 1 heterocycles. The first-order valence-electron chi connectivity index (χ1n) is 5.55. The van der Waals surface area contributed by atoms with Gasteiger partial charge in [-0.25, -0.2) is 4.79 Å². The Bertz CT molecular complexity index is 485. The molecule has 1 aliphatic rings. The summed E-state index contributed by atoms with van der Waals surface area (Å²) in [6.45, 7) is 0.213. The van der Waals surface area contributed by atoms with Gasteiger partial charge >= 0.3 is 5.97 Å². The minimum absolute atomic E-state index is 0.104. The van der Waals surface area contributed by atoms with Crippen molar-refractivity contribution in [1.82, 2.24) is 0 Å². The van der Waals surface area contributed by atoms with E-state index in [0.29, 0.717) is 11.4 Å². The van der Waals surface area contributed by atoms with Gasteiger partial charge in [-0.05, 0) is 18.2 Å². The van der Waals surface area contributed by atoms with E-state index in [4.69, 9.17) is 14.9 Å². The fourth-order valence-corrected chi connectivity index (χ4v) is 1.85. The third kappa shape index (κ3) is 2.28. The average Bonchev–Trinajstić information content (AvgIpc) is 2.49. The van der Waals surface area contributed by atoms with Crippen molar-refractivity contribution in [2.24, 2.45) is 0 Å². The van der Waals surface area contributed by atoms with Gasteiger partial charge in [-0.2, -0.15) is 0 Å². The molecule has 0 unspecified atom stereocenters. The van der Waals surface area contributed by atoms with Crippen molar-refractivity contribution >= 4 is 17.6 Å². The number of rotatable bonds is 3. The second-order valence-electron chi connectivity index (χ2n) is 3.86. The van der Waals surface area contributed by atoms with E-state index in [2.05, 4.69) is 0 Å². The van der Waals surface area contributed by atoms with E-state index in [1.54, 1.807) is 0 Å². The van der Waals surface area contributed by atoms with Crippen molar-refractivity contribution in [3.05, 3.63) is 23.8 Å². The van der Waals surface area contributed by atoms with Crippen LogP contribution in [0.4, 0.5) is 5.69 Å². The Hall–Kier alpha value is -2.08. The molecule has 0 saturated heterocycles. The van der Waals surface area contributed by atoms with E-state index < -0.39 is 5.97 Å². The number of aliphatic hydroxyl groups excluding tert-OH is 1. The van der Waals surface area contributed by atoms with E-state index in [9.17, 15) is 9.59 Å². The fourth-order valence-electron chi connectivity index (χ4n) is 1.85. The molecule has 1 aromatic carbocycles. The van der Waals surface area contributed by atoms with Crippen molar-refractivity contribution in [2.45, 2.75) is 6.42 Å². The highest BCUT2D eigenvalue weighted by Crippen LogP contribution is 2.32. The van der Waals surface area contributed by atoms with Crippen LogP contribution in [0.5, 0.6) is 5.75 Å². The van der Waals surface area contributed by atoms with Crippen molar-refractivity contribution in [2.75, 3.05) is 24.7 Å². The molecule has 0 aliphatic carbocycles. The summed E-state index contributed by atoms with van der Waals surface area (Å²) in [4.78, 5) is 24.1. The summed E-state index contributed by atoms with van der Waals surface area (Å²) in [6.07, 6.45) is 0.205. The molecule has 2 N–H and O–H groups in total. The monoisotopic (exact) mass is 251 g/mol. The summed E-state index contributed by atoms with van der Waals surface area (Å²) in [5.74, 6) is -0.842. The van der Waals surface area contributed by atoms with Crippen LogP contribution in [0.25, 0.3) is 0 Å². The Labute approximate surface area is 103 Å². The van der Waals surface area contributed by atoms with E-state index in [-0.39, 0.29) is 37.6 Å². The zero-order chi connectivity index (χ0) is 13.1. The first kappa shape index (κ1) is 12.4. The number of hydrogen-bond donors (Lipinski definition) is 2. The van der Waals surface area contributed by atoms with Gasteiger partial charge < -0.3 is 19.8 Å². The molecule has 0 fully saturated rings. The lowest BCUT2D eigenvalue weighted by Gasteiger charge is -2.20. The zero-order valence-electron chi connectivity index (χ0n) is 9.63. The highest BCUT2D eigenvalue weighted by molar-refractivity contribution is 5.97. The van der Waals surface area contributed by atoms with Crippen LogP contribution in [0.2, 0.25) is 0 Å². The predicted octanol–water partition coefficient (Wildman–Crippen LogP) is 0.493. The van der Waals surface area contributed by atoms with Gasteiger partial charge in [0.1, 0.15) is 5.75 Å². The molecule has 1 aliphatic heterocycles. The van der Waals surface area contributed by atoms with Gasteiger partial charge in [0.05, 0.1) is 30.9 Å². The van der Waals surface area contributed by atoms with Crippen LogP contribution >= 0.6 is 0 Å². The standard InChI is InChI=1S/C12H13NO5/c14-5-4-13-9-2-1-8(12(16)17)7-10(9)18-6-3-11(13)15/h1-2,7,14H,3-6H2,(H,16,17). The summed E-state index contributed by atoms with van der Waals surface area (Å²) in [5, 5.41) is 17.9. The fraction of sp³-hybridized carbons (Fsp3) is 0.333. The maximum atomic E-state index is 11.8. The van der Waals surface area contributed by atoms with Gasteiger partial charge in [0, 0.05) is 6.54 Å². The van der Waals surface area contributed by atoms with Crippen LogP contribution in [0.3, 0.4) is 0 Å². The van der Waals surface area contributed by atoms with E-state index in [1.165, 1.54) is 23.1 Å². The first-order valence-corrected chi connectivity index (χ1v) is 5.55. The molecule has 0 spiro atoms. The Morgan fingerprint density at radius 1 is 1.44 bits per heavy atom. The number of aliphatic hydroxyl groups is 1. The second-order valence-corrected chi connectivity index (χ2v) is 3.86. The Balaban J connectivity index is 2.43. The SMILES string of the molecule is O=C(O)c1ccc2c(c1)OCCC(=O)N2CCO. The molecular weight excluding hydrogens is 238 g/mol. The number of β-amino-alcohol motifs (C(OH)–C–C–N with tert-alkyl or cyclic N) is 1. The molecule has 0 aromatic heterocycles. The van der Waals surface area contributed by atoms with Crippen molar-refractivity contribution in [3.8, 4) is 5.75 Å². The maximum Gasteiger partial charge on any atom is 0.335 e. The lowest BCUT2D eigenvalue weighted by atomic mass is 10.1. The summed E-state index contributed by atoms with van der Waals surface area (Å²) >= 11 is 0. The number of carbonyl (C=O) groups is 2. The number of fused-ring (bicyclic) bond motifs is 1. The number of aromatic carboxylic acids is 1. The van der Waals surface area contributed by atoms with Crippen LogP contribution in [0.15, 0.2) is 18.2 Å². The number of carboxylic acids is 1. The average molecular weight is 251 g/mol. The maximum absolute atomic E-state index is 11.8. The molecule has 96 valence electrons. The summed E-state index contributed by atoms with van der Waals surface area (Å²) in [5.41, 5.74) is 0.601. The van der Waals surface area contributed by atoms with Gasteiger partial charge in [0.15, 0.2) is 0 Å². The van der Waals surface area contributed by atoms with E-state index in [1.807, 2.05) is 0 Å². The van der Waals surface area contributed by atoms with Gasteiger partial charge in [-0.1, -0.05) is 0 Å². The van der Waals surface area contributed by atoms with E-state index in [0.717, 1.165) is 0 Å². The number of benzene rings is 1. The third-order valence-corrected chi connectivity index (χ3v) is 2.70. The number of carboxylic acid groups (broad SMARTS) is 1. The molecule has 18 heavy (non-hydrogen) atoms. The molecular formula is C12H13NO5. The third-order valence-electron chi connectivity index (χ3n) is 2.70. The first-order chi connectivity index (χ1) is 8.63. The Morgan fingerprint density at radius 2 is 2.22 bits per heavy atom. The number of nitrogens with zero attached hydrogens (tertiary/aromatic N) is 1. The highest BCUT2D eigenvalue weighted by atomic mass is 16.5. The van der Waals surface area contributed by atoms with Crippen LogP contribution in [-0.2, 0) is 4.79 Å². The second kappa shape index (κ2) is 5.05. The summed E-state index contributed by atoms with van der Waals surface area (Å²) in [7, 11) is 0. The summed E-state index contributed by atoms with van der Waals surface area (Å²) < 4.78 is 5.38. The Kier molecular flexibility index (Phi) is 3.47. The molecule has 0 radical (unpaired) electrons. The van der Waals surface area contributed by atoms with Crippen LogP contribution in [-0.4, -0.2) is 41.8 Å². The van der Waals surface area contributed by atoms with Gasteiger partial charge in [0.25, 0.3) is 0 Å². The Morgan fingerprint density at radius 3 is 2.89 bits per heavy atom. The minimum atomic E-state index is -1.05. The lowest BCUT2D eigenvalue weighted by molar-refractivity contribution is -0.118. The zero-order valence-corrected chi connectivity index (χ0v) is 9.63. The highest BCUT2D eigenvalue weighted by Gasteiger charge is 2.23. The number of anilines is 1. The normalized spacial score (nSPS) is 14.7. The molecule has 0 atom stereocenters. The predicted molar refractivity (Wildman–Crippen MR) is 63.0 cm³/mol. The summed E-state index contributed by atoms with van der Waals surface area (Å²) in [6, 6.07) is 4.33. The van der Waals surface area contributed by atoms with Crippen LogP contribution in [0, 0.1) is 0 Å². The van der Waals surface area contributed by atoms with Gasteiger partial charge in [0.2, 0.25) is 5.91 Å². The molecule has 0 saturated carbocycles. The molecule has 6 nitrogen and oxygen atoms in total. The van der Waals surface area contributed by atoms with Crippen molar-refractivity contribution in [3.63, 3.8) is 0 Å². The topological polar surface area (TPSA) is 87.1 Å². The van der Waals surface area contributed by atoms with Crippen LogP contribution < -0.4 is 9.64 Å². The number of amides is 1. The smallest absolute Gasteiger partial charge is 0.335 e. The van der Waals surface area contributed by atoms with Crippen molar-refractivity contribution < 1.29 is 24.5 Å². The molecule has 1 amide bonds. The van der Waals surface area contributed by atoms with Gasteiger partial charge in [-0.3, -0.25) is 4.79 Å². The number of ether oxygens (including phenoxy) is 1. The molecule has 1 aromatic rings. The number of carbonyl (C=O) groups excluding carboxylic acids is 1. The minimum Gasteiger partial charge on any atom is -0.491 e. The quantitative estimate of drug-likeness (QED) is 0.816. The number of hydrogen-bond acceptors (Lipinski definition) is 4.